The summed E-state index contributed by atoms with van der Waals surface area (Å²) < 4.78 is 7.23. The fourth-order valence-electron chi connectivity index (χ4n) is 2.65. The second-order valence-corrected chi connectivity index (χ2v) is 5.81. The van der Waals surface area contributed by atoms with Crippen LogP contribution in [0.15, 0.2) is 59.8 Å². The SMILES string of the molecule is COc1ccc(-c2n[nH]c(=S)n2/N=C/c2c[nH]c3ccccc23)cc1. The van der Waals surface area contributed by atoms with E-state index in [0.717, 1.165) is 27.8 Å². The van der Waals surface area contributed by atoms with Crippen LogP contribution in [-0.2, 0) is 0 Å². The number of hydrogen-bond acceptors (Lipinski definition) is 4. The molecular weight excluding hydrogens is 334 g/mol. The van der Waals surface area contributed by atoms with E-state index in [1.807, 2.05) is 54.7 Å². The first-order chi connectivity index (χ1) is 12.3. The maximum atomic E-state index is 5.31. The van der Waals surface area contributed by atoms with E-state index in [2.05, 4.69) is 20.3 Å². The Balaban J connectivity index is 1.73. The van der Waals surface area contributed by atoms with E-state index in [1.165, 1.54) is 0 Å². The van der Waals surface area contributed by atoms with Gasteiger partial charge < -0.3 is 9.72 Å². The zero-order valence-corrected chi connectivity index (χ0v) is 14.2. The van der Waals surface area contributed by atoms with Crippen molar-refractivity contribution in [3.8, 4) is 17.1 Å². The second-order valence-electron chi connectivity index (χ2n) is 5.43. The van der Waals surface area contributed by atoms with Crippen LogP contribution in [0.3, 0.4) is 0 Å². The van der Waals surface area contributed by atoms with Gasteiger partial charge in [0.05, 0.1) is 13.3 Å². The van der Waals surface area contributed by atoms with Gasteiger partial charge in [-0.25, -0.2) is 5.10 Å². The molecule has 2 aromatic carbocycles. The number of H-pyrrole nitrogens is 2. The van der Waals surface area contributed by atoms with Crippen LogP contribution in [0.4, 0.5) is 0 Å². The highest BCUT2D eigenvalue weighted by Gasteiger charge is 2.08. The van der Waals surface area contributed by atoms with Crippen LogP contribution in [0, 0.1) is 4.77 Å². The molecule has 0 aliphatic carbocycles. The number of ether oxygens (including phenoxy) is 1. The van der Waals surface area contributed by atoms with E-state index < -0.39 is 0 Å². The van der Waals surface area contributed by atoms with E-state index in [4.69, 9.17) is 17.0 Å². The van der Waals surface area contributed by atoms with Gasteiger partial charge in [0.1, 0.15) is 5.75 Å². The Morgan fingerprint density at radius 2 is 1.96 bits per heavy atom. The highest BCUT2D eigenvalue weighted by molar-refractivity contribution is 7.71. The van der Waals surface area contributed by atoms with Crippen molar-refractivity contribution in [1.82, 2.24) is 19.9 Å². The fraction of sp³-hybridized carbons (Fsp3) is 0.0556. The Kier molecular flexibility index (Phi) is 3.91. The van der Waals surface area contributed by atoms with Crippen LogP contribution >= 0.6 is 12.2 Å². The molecule has 4 rings (SSSR count). The van der Waals surface area contributed by atoms with E-state index in [0.29, 0.717) is 10.6 Å². The highest BCUT2D eigenvalue weighted by Crippen LogP contribution is 2.21. The van der Waals surface area contributed by atoms with Gasteiger partial charge in [-0.2, -0.15) is 14.9 Å². The average Bonchev–Trinajstić information content (AvgIpc) is 3.23. The molecule has 0 unspecified atom stereocenters. The summed E-state index contributed by atoms with van der Waals surface area (Å²) in [6.07, 6.45) is 3.70. The van der Waals surface area contributed by atoms with Gasteiger partial charge in [0, 0.05) is 28.2 Å². The first kappa shape index (κ1) is 15.3. The van der Waals surface area contributed by atoms with Gasteiger partial charge in [-0.05, 0) is 42.5 Å². The lowest BCUT2D eigenvalue weighted by Crippen LogP contribution is -1.95. The van der Waals surface area contributed by atoms with Gasteiger partial charge in [0.25, 0.3) is 0 Å². The Bertz CT molecular complexity index is 1100. The van der Waals surface area contributed by atoms with E-state index in [-0.39, 0.29) is 0 Å². The zero-order chi connectivity index (χ0) is 17.2. The van der Waals surface area contributed by atoms with Crippen molar-refractivity contribution in [1.29, 1.82) is 0 Å². The molecule has 6 nitrogen and oxygen atoms in total. The molecule has 0 saturated heterocycles. The van der Waals surface area contributed by atoms with Gasteiger partial charge in [0.2, 0.25) is 4.77 Å². The summed E-state index contributed by atoms with van der Waals surface area (Å²) in [4.78, 5) is 3.23. The van der Waals surface area contributed by atoms with Crippen molar-refractivity contribution in [2.45, 2.75) is 0 Å². The largest absolute Gasteiger partial charge is 0.497 e. The van der Waals surface area contributed by atoms with E-state index >= 15 is 0 Å². The van der Waals surface area contributed by atoms with Crippen LogP contribution in [0.5, 0.6) is 5.75 Å². The summed E-state index contributed by atoms with van der Waals surface area (Å²) in [6.45, 7) is 0. The van der Waals surface area contributed by atoms with Crippen LogP contribution < -0.4 is 4.74 Å². The number of rotatable bonds is 4. The van der Waals surface area contributed by atoms with Gasteiger partial charge in [-0.1, -0.05) is 18.2 Å². The third kappa shape index (κ3) is 2.85. The lowest BCUT2D eigenvalue weighted by Gasteiger charge is -2.03. The predicted molar refractivity (Wildman–Crippen MR) is 101 cm³/mol. The van der Waals surface area contributed by atoms with Crippen molar-refractivity contribution < 1.29 is 4.74 Å². The summed E-state index contributed by atoms with van der Waals surface area (Å²) >= 11 is 5.31. The third-order valence-electron chi connectivity index (χ3n) is 3.93. The minimum absolute atomic E-state index is 0.432. The standard InChI is InChI=1S/C18H15N5OS/c1-24-14-8-6-12(7-9-14)17-21-22-18(25)23(17)20-11-13-10-19-16-5-3-2-4-15(13)16/h2-11,19H,1H3,(H,22,25)/b20-11+. The van der Waals surface area contributed by atoms with Crippen molar-refractivity contribution in [3.63, 3.8) is 0 Å². The Morgan fingerprint density at radius 3 is 2.76 bits per heavy atom. The number of methoxy groups -OCH3 is 1. The smallest absolute Gasteiger partial charge is 0.216 e. The molecular formula is C18H15N5OS. The topological polar surface area (TPSA) is 71.0 Å². The lowest BCUT2D eigenvalue weighted by atomic mass is 10.2. The molecule has 0 amide bonds. The second kappa shape index (κ2) is 6.37. The number of fused-ring (bicyclic) bond motifs is 1. The zero-order valence-electron chi connectivity index (χ0n) is 13.4. The number of benzene rings is 2. The van der Waals surface area contributed by atoms with Gasteiger partial charge >= 0.3 is 0 Å². The van der Waals surface area contributed by atoms with Crippen molar-refractivity contribution in [2.24, 2.45) is 5.10 Å². The van der Waals surface area contributed by atoms with Gasteiger partial charge in [-0.3, -0.25) is 0 Å². The molecule has 7 heteroatoms. The summed E-state index contributed by atoms with van der Waals surface area (Å²) in [5, 5.41) is 12.7. The molecule has 0 bridgehead atoms. The number of para-hydroxylation sites is 1. The third-order valence-corrected chi connectivity index (χ3v) is 4.20. The number of nitrogens with one attached hydrogen (secondary N) is 2. The molecule has 0 spiro atoms. The molecule has 0 saturated carbocycles. The molecule has 25 heavy (non-hydrogen) atoms. The van der Waals surface area contributed by atoms with Crippen molar-refractivity contribution in [3.05, 3.63) is 65.1 Å². The van der Waals surface area contributed by atoms with Crippen LogP contribution in [0.1, 0.15) is 5.56 Å². The normalized spacial score (nSPS) is 11.4. The van der Waals surface area contributed by atoms with Crippen LogP contribution in [0.25, 0.3) is 22.3 Å². The number of hydrogen-bond donors (Lipinski definition) is 2. The number of nitrogens with zero attached hydrogens (tertiary/aromatic N) is 3. The first-order valence-electron chi connectivity index (χ1n) is 7.68. The van der Waals surface area contributed by atoms with Crippen molar-refractivity contribution >= 4 is 29.3 Å². The molecule has 4 aromatic rings. The maximum Gasteiger partial charge on any atom is 0.216 e. The summed E-state index contributed by atoms with van der Waals surface area (Å²) in [6, 6.07) is 15.7. The first-order valence-corrected chi connectivity index (χ1v) is 8.09. The monoisotopic (exact) mass is 349 g/mol. The number of aromatic amines is 2. The molecule has 2 heterocycles. The Labute approximate surface area is 148 Å². The summed E-state index contributed by atoms with van der Waals surface area (Å²) in [5.74, 6) is 1.43. The van der Waals surface area contributed by atoms with E-state index in [9.17, 15) is 0 Å². The van der Waals surface area contributed by atoms with Gasteiger partial charge in [0.15, 0.2) is 5.82 Å². The molecule has 0 aliphatic heterocycles. The van der Waals surface area contributed by atoms with Crippen LogP contribution in [-0.4, -0.2) is 33.2 Å². The minimum Gasteiger partial charge on any atom is -0.497 e. The Hall–Kier alpha value is -3.19. The number of aromatic nitrogens is 4. The van der Waals surface area contributed by atoms with E-state index in [1.54, 1.807) is 18.0 Å². The minimum atomic E-state index is 0.432. The maximum absolute atomic E-state index is 5.31. The molecule has 0 radical (unpaired) electrons. The molecule has 0 fully saturated rings. The highest BCUT2D eigenvalue weighted by atomic mass is 32.1. The average molecular weight is 349 g/mol. The molecule has 124 valence electrons. The molecule has 2 aromatic heterocycles. The van der Waals surface area contributed by atoms with Crippen molar-refractivity contribution in [2.75, 3.05) is 7.11 Å². The molecule has 2 N–H and O–H groups in total. The molecule has 0 atom stereocenters. The Morgan fingerprint density at radius 1 is 1.16 bits per heavy atom. The lowest BCUT2D eigenvalue weighted by molar-refractivity contribution is 0.415. The fourth-order valence-corrected chi connectivity index (χ4v) is 2.83. The quantitative estimate of drug-likeness (QED) is 0.432. The summed E-state index contributed by atoms with van der Waals surface area (Å²) in [5.41, 5.74) is 2.94. The summed E-state index contributed by atoms with van der Waals surface area (Å²) in [7, 11) is 1.64. The predicted octanol–water partition coefficient (Wildman–Crippen LogP) is 3.98. The van der Waals surface area contributed by atoms with Gasteiger partial charge in [-0.15, -0.1) is 0 Å². The molecule has 0 aliphatic rings. The van der Waals surface area contributed by atoms with Crippen LogP contribution in [0.2, 0.25) is 0 Å².